The molecule has 1 aliphatic rings. The Morgan fingerprint density at radius 1 is 1.35 bits per heavy atom. The maximum absolute atomic E-state index is 5.75. The third kappa shape index (κ3) is 2.16. The quantitative estimate of drug-likeness (QED) is 0.820. The van der Waals surface area contributed by atoms with Crippen molar-refractivity contribution in [1.82, 2.24) is 14.8 Å². The van der Waals surface area contributed by atoms with Crippen LogP contribution < -0.4 is 5.73 Å². The fourth-order valence-corrected chi connectivity index (χ4v) is 2.13. The van der Waals surface area contributed by atoms with Gasteiger partial charge in [-0.1, -0.05) is 18.6 Å². The minimum Gasteiger partial charge on any atom is -0.399 e. The zero-order valence-electron chi connectivity index (χ0n) is 9.71. The molecule has 3 rings (SSSR count). The van der Waals surface area contributed by atoms with E-state index in [-0.39, 0.29) is 0 Å². The van der Waals surface area contributed by atoms with Gasteiger partial charge < -0.3 is 5.73 Å². The zero-order valence-corrected chi connectivity index (χ0v) is 9.71. The Kier molecular flexibility index (Phi) is 2.55. The van der Waals surface area contributed by atoms with Gasteiger partial charge in [-0.2, -0.15) is 5.10 Å². The molecule has 0 atom stereocenters. The van der Waals surface area contributed by atoms with E-state index < -0.39 is 0 Å². The summed E-state index contributed by atoms with van der Waals surface area (Å²) in [7, 11) is 0. The Hall–Kier alpha value is -1.84. The molecule has 0 unspecified atom stereocenters. The van der Waals surface area contributed by atoms with Crippen LogP contribution in [0.1, 0.15) is 19.3 Å². The van der Waals surface area contributed by atoms with Gasteiger partial charge in [-0.15, -0.1) is 0 Å². The zero-order chi connectivity index (χ0) is 11.7. The van der Waals surface area contributed by atoms with Gasteiger partial charge in [0.1, 0.15) is 6.33 Å². The molecule has 1 aromatic heterocycles. The third-order valence-electron chi connectivity index (χ3n) is 3.35. The Bertz CT molecular complexity index is 514. The van der Waals surface area contributed by atoms with Gasteiger partial charge in [0.05, 0.1) is 0 Å². The average molecular weight is 228 g/mol. The van der Waals surface area contributed by atoms with Gasteiger partial charge in [0.2, 0.25) is 0 Å². The van der Waals surface area contributed by atoms with E-state index in [2.05, 4.69) is 10.1 Å². The summed E-state index contributed by atoms with van der Waals surface area (Å²) in [6.07, 6.45) is 5.83. The van der Waals surface area contributed by atoms with Crippen molar-refractivity contribution in [3.05, 3.63) is 30.6 Å². The summed E-state index contributed by atoms with van der Waals surface area (Å²) in [5.41, 5.74) is 7.48. The number of hydrogen-bond acceptors (Lipinski definition) is 3. The maximum Gasteiger partial charge on any atom is 0.181 e. The van der Waals surface area contributed by atoms with E-state index in [9.17, 15) is 0 Å². The fourth-order valence-electron chi connectivity index (χ4n) is 2.13. The van der Waals surface area contributed by atoms with Crippen LogP contribution in [-0.4, -0.2) is 14.8 Å². The second kappa shape index (κ2) is 4.20. The minimum atomic E-state index is 0.748. The number of nitrogen functional groups attached to an aromatic ring is 1. The number of rotatable bonds is 3. The number of benzene rings is 1. The van der Waals surface area contributed by atoms with Crippen LogP contribution in [0.15, 0.2) is 30.6 Å². The van der Waals surface area contributed by atoms with E-state index in [1.54, 1.807) is 0 Å². The molecule has 1 fully saturated rings. The molecule has 1 heterocycles. The van der Waals surface area contributed by atoms with Crippen LogP contribution in [0.2, 0.25) is 0 Å². The summed E-state index contributed by atoms with van der Waals surface area (Å²) in [6.45, 7) is 0.995. The van der Waals surface area contributed by atoms with Crippen molar-refractivity contribution in [3.8, 4) is 11.4 Å². The molecule has 1 aliphatic carbocycles. The van der Waals surface area contributed by atoms with Crippen LogP contribution in [0.25, 0.3) is 11.4 Å². The molecule has 2 N–H and O–H groups in total. The summed E-state index contributed by atoms with van der Waals surface area (Å²) in [5.74, 6) is 1.56. The number of anilines is 1. The second-order valence-electron chi connectivity index (χ2n) is 4.71. The van der Waals surface area contributed by atoms with Crippen molar-refractivity contribution >= 4 is 5.69 Å². The molecule has 0 bridgehead atoms. The molecular weight excluding hydrogens is 212 g/mol. The fraction of sp³-hybridized carbons (Fsp3) is 0.385. The number of nitrogens with zero attached hydrogens (tertiary/aromatic N) is 3. The topological polar surface area (TPSA) is 56.7 Å². The number of hydrogen-bond donors (Lipinski definition) is 1. The summed E-state index contributed by atoms with van der Waals surface area (Å²) < 4.78 is 1.95. The van der Waals surface area contributed by atoms with Gasteiger partial charge in [0, 0.05) is 17.8 Å². The maximum atomic E-state index is 5.75. The molecule has 17 heavy (non-hydrogen) atoms. The molecule has 1 aromatic carbocycles. The molecule has 1 saturated carbocycles. The van der Waals surface area contributed by atoms with Gasteiger partial charge in [-0.25, -0.2) is 4.98 Å². The Labute approximate surface area is 100 Å². The van der Waals surface area contributed by atoms with E-state index >= 15 is 0 Å². The molecular formula is C13H16N4. The summed E-state index contributed by atoms with van der Waals surface area (Å²) in [4.78, 5) is 4.34. The van der Waals surface area contributed by atoms with Crippen LogP contribution in [0, 0.1) is 5.92 Å². The summed E-state index contributed by atoms with van der Waals surface area (Å²) in [5, 5.41) is 4.49. The lowest BCUT2D eigenvalue weighted by molar-refractivity contribution is 0.266. The number of nitrogens with two attached hydrogens (primary N) is 1. The van der Waals surface area contributed by atoms with Gasteiger partial charge in [-0.3, -0.25) is 4.68 Å². The van der Waals surface area contributed by atoms with Crippen LogP contribution in [-0.2, 0) is 6.54 Å². The van der Waals surface area contributed by atoms with Crippen molar-refractivity contribution in [2.75, 3.05) is 5.73 Å². The molecule has 0 radical (unpaired) electrons. The van der Waals surface area contributed by atoms with Crippen LogP contribution in [0.3, 0.4) is 0 Å². The van der Waals surface area contributed by atoms with E-state index in [1.807, 2.05) is 35.3 Å². The van der Waals surface area contributed by atoms with Crippen LogP contribution in [0.4, 0.5) is 5.69 Å². The predicted octanol–water partition coefficient (Wildman–Crippen LogP) is 2.33. The van der Waals surface area contributed by atoms with Gasteiger partial charge in [0.25, 0.3) is 0 Å². The van der Waals surface area contributed by atoms with Gasteiger partial charge >= 0.3 is 0 Å². The SMILES string of the molecule is Nc1cccc(-c2ncn(CC3CCC3)n2)c1. The van der Waals surface area contributed by atoms with Crippen molar-refractivity contribution in [2.45, 2.75) is 25.8 Å². The van der Waals surface area contributed by atoms with Gasteiger partial charge in [0.15, 0.2) is 5.82 Å². The smallest absolute Gasteiger partial charge is 0.181 e. The number of aromatic nitrogens is 3. The lowest BCUT2D eigenvalue weighted by atomic mass is 9.86. The first-order valence-corrected chi connectivity index (χ1v) is 6.06. The highest BCUT2D eigenvalue weighted by Gasteiger charge is 2.18. The highest BCUT2D eigenvalue weighted by Crippen LogP contribution is 2.27. The Balaban J connectivity index is 1.79. The normalized spacial score (nSPS) is 15.8. The summed E-state index contributed by atoms with van der Waals surface area (Å²) >= 11 is 0. The molecule has 4 heteroatoms. The lowest BCUT2D eigenvalue weighted by Crippen LogP contribution is -2.18. The first kappa shape index (κ1) is 10.3. The summed E-state index contributed by atoms with van der Waals surface area (Å²) in [6, 6.07) is 7.69. The highest BCUT2D eigenvalue weighted by molar-refractivity contribution is 5.60. The first-order chi connectivity index (χ1) is 8.31. The highest BCUT2D eigenvalue weighted by atomic mass is 15.3. The standard InChI is InChI=1S/C13H16N4/c14-12-6-2-5-11(7-12)13-15-9-17(16-13)8-10-3-1-4-10/h2,5-7,9-10H,1,3-4,8,14H2. The monoisotopic (exact) mass is 228 g/mol. The minimum absolute atomic E-state index is 0.748. The molecule has 0 spiro atoms. The van der Waals surface area contributed by atoms with E-state index in [0.29, 0.717) is 0 Å². The van der Waals surface area contributed by atoms with E-state index in [4.69, 9.17) is 5.73 Å². The largest absolute Gasteiger partial charge is 0.399 e. The van der Waals surface area contributed by atoms with E-state index in [0.717, 1.165) is 29.5 Å². The van der Waals surface area contributed by atoms with E-state index in [1.165, 1.54) is 19.3 Å². The van der Waals surface area contributed by atoms with Crippen molar-refractivity contribution in [1.29, 1.82) is 0 Å². The van der Waals surface area contributed by atoms with Crippen molar-refractivity contribution in [3.63, 3.8) is 0 Å². The first-order valence-electron chi connectivity index (χ1n) is 6.06. The second-order valence-corrected chi connectivity index (χ2v) is 4.71. The molecule has 2 aromatic rings. The Morgan fingerprint density at radius 3 is 2.94 bits per heavy atom. The molecule has 0 aliphatic heterocycles. The third-order valence-corrected chi connectivity index (χ3v) is 3.35. The average Bonchev–Trinajstić information content (AvgIpc) is 2.72. The lowest BCUT2D eigenvalue weighted by Gasteiger charge is -2.24. The van der Waals surface area contributed by atoms with Crippen molar-refractivity contribution < 1.29 is 0 Å². The predicted molar refractivity (Wildman–Crippen MR) is 67.2 cm³/mol. The molecule has 0 saturated heterocycles. The van der Waals surface area contributed by atoms with Crippen LogP contribution in [0.5, 0.6) is 0 Å². The van der Waals surface area contributed by atoms with Gasteiger partial charge in [-0.05, 0) is 30.9 Å². The molecule has 4 nitrogen and oxygen atoms in total. The molecule has 88 valence electrons. The Morgan fingerprint density at radius 2 is 2.24 bits per heavy atom. The van der Waals surface area contributed by atoms with Crippen molar-refractivity contribution in [2.24, 2.45) is 5.92 Å². The van der Waals surface area contributed by atoms with Crippen LogP contribution >= 0.6 is 0 Å². The molecule has 0 amide bonds.